The van der Waals surface area contributed by atoms with Crippen molar-refractivity contribution in [1.29, 1.82) is 0 Å². The summed E-state index contributed by atoms with van der Waals surface area (Å²) in [6, 6.07) is 32.4. The molecule has 9 rings (SSSR count). The lowest BCUT2D eigenvalue weighted by atomic mass is 9.45. The number of carbonyl (C=O) groups is 4. The van der Waals surface area contributed by atoms with Gasteiger partial charge in [-0.15, -0.1) is 0 Å². The minimum absolute atomic E-state index is 0.121. The van der Waals surface area contributed by atoms with Gasteiger partial charge in [-0.25, -0.2) is 0 Å². The summed E-state index contributed by atoms with van der Waals surface area (Å²) in [5, 5.41) is 10.1. The van der Waals surface area contributed by atoms with E-state index in [1.54, 1.807) is 17.0 Å². The molecule has 1 N–H and O–H groups in total. The fourth-order valence-corrected chi connectivity index (χ4v) is 10.4. The van der Waals surface area contributed by atoms with Gasteiger partial charge in [0.05, 0.1) is 23.2 Å². The van der Waals surface area contributed by atoms with Crippen molar-refractivity contribution in [2.75, 3.05) is 13.1 Å². The van der Waals surface area contributed by atoms with E-state index in [0.717, 1.165) is 25.2 Å². The number of aliphatic hydroxyl groups is 1. The molecule has 3 aliphatic carbocycles. The summed E-state index contributed by atoms with van der Waals surface area (Å²) in [5.74, 6) is -2.97. The number of allylic oxidation sites excluding steroid dienone is 4. The van der Waals surface area contributed by atoms with Crippen LogP contribution >= 0.6 is 0 Å². The van der Waals surface area contributed by atoms with E-state index in [9.17, 15) is 14.7 Å². The fourth-order valence-electron chi connectivity index (χ4n) is 10.4. The summed E-state index contributed by atoms with van der Waals surface area (Å²) < 4.78 is 6.30. The van der Waals surface area contributed by atoms with Crippen molar-refractivity contribution >= 4 is 29.0 Å². The molecule has 0 bridgehead atoms. The monoisotopic (exact) mass is 706 g/mol. The summed E-state index contributed by atoms with van der Waals surface area (Å²) in [6.07, 6.45) is 5.62. The van der Waals surface area contributed by atoms with Gasteiger partial charge in [0, 0.05) is 37.2 Å². The van der Waals surface area contributed by atoms with Crippen LogP contribution in [0.5, 0.6) is 0 Å². The maximum absolute atomic E-state index is 15.1. The largest absolute Gasteiger partial charge is 0.463 e. The molecule has 3 fully saturated rings. The number of piperidine rings is 1. The first kappa shape index (κ1) is 33.6. The van der Waals surface area contributed by atoms with Crippen LogP contribution in [0.1, 0.15) is 59.8 Å². The lowest BCUT2D eigenvalue weighted by molar-refractivity contribution is -0.144. The number of likely N-dealkylation sites (tertiary alicyclic amines) is 2. The van der Waals surface area contributed by atoms with Gasteiger partial charge in [-0.05, 0) is 66.5 Å². The van der Waals surface area contributed by atoms with Crippen molar-refractivity contribution in [2.24, 2.45) is 23.7 Å². The highest BCUT2D eigenvalue weighted by Crippen LogP contribution is 2.64. The van der Waals surface area contributed by atoms with E-state index >= 15 is 9.59 Å². The molecule has 0 spiro atoms. The molecule has 53 heavy (non-hydrogen) atoms. The second-order valence-electron chi connectivity index (χ2n) is 15.3. The number of imide groups is 1. The van der Waals surface area contributed by atoms with Gasteiger partial charge in [-0.1, -0.05) is 103 Å². The summed E-state index contributed by atoms with van der Waals surface area (Å²) in [5.41, 5.74) is 2.49. The van der Waals surface area contributed by atoms with Crippen LogP contribution in [0.4, 0.5) is 0 Å². The SMILES string of the molecule is O=C1C(c2ccccc2)=CC(=O)C2(c3ccccc3)C1CC1C(=CCC3C(=O)N(C4CCN(Cc5ccccc5)CC4)C(=O)C31)C2c1ccc(CO)o1. The Balaban J connectivity index is 1.11. The highest BCUT2D eigenvalue weighted by atomic mass is 16.4. The number of benzene rings is 3. The van der Waals surface area contributed by atoms with Crippen LogP contribution in [0.2, 0.25) is 0 Å². The first-order valence-corrected chi connectivity index (χ1v) is 18.8. The van der Waals surface area contributed by atoms with Gasteiger partial charge in [0.1, 0.15) is 18.1 Å². The molecule has 5 aliphatic rings. The first-order valence-electron chi connectivity index (χ1n) is 18.8. The number of carbonyl (C=O) groups excluding carboxylic acids is 4. The Labute approximate surface area is 308 Å². The summed E-state index contributed by atoms with van der Waals surface area (Å²) in [4.78, 5) is 63.1. The first-order chi connectivity index (χ1) is 25.9. The number of hydrogen-bond donors (Lipinski definition) is 1. The fraction of sp³-hybridized carbons (Fsp3) is 0.333. The molecule has 2 saturated heterocycles. The van der Waals surface area contributed by atoms with Gasteiger partial charge < -0.3 is 9.52 Å². The minimum atomic E-state index is -1.35. The number of Topliss-reactive ketones (excluding diaryl/α,β-unsaturated/α-hetero) is 1. The highest BCUT2D eigenvalue weighted by molar-refractivity contribution is 6.31. The molecule has 3 heterocycles. The zero-order chi connectivity index (χ0) is 36.3. The molecule has 0 radical (unpaired) electrons. The van der Waals surface area contributed by atoms with E-state index in [-0.39, 0.29) is 42.5 Å². The number of aliphatic hydroxyl groups excluding tert-OH is 1. The molecule has 8 heteroatoms. The van der Waals surface area contributed by atoms with Gasteiger partial charge in [0.2, 0.25) is 11.8 Å². The van der Waals surface area contributed by atoms with Crippen molar-refractivity contribution in [1.82, 2.24) is 9.80 Å². The average Bonchev–Trinajstić information content (AvgIpc) is 3.78. The topological polar surface area (TPSA) is 108 Å². The van der Waals surface area contributed by atoms with Crippen LogP contribution in [0.25, 0.3) is 5.57 Å². The van der Waals surface area contributed by atoms with Crippen LogP contribution in [0, 0.1) is 23.7 Å². The van der Waals surface area contributed by atoms with Crippen molar-refractivity contribution < 1.29 is 28.7 Å². The van der Waals surface area contributed by atoms with E-state index in [1.807, 2.05) is 78.9 Å². The van der Waals surface area contributed by atoms with Crippen LogP contribution in [0.3, 0.4) is 0 Å². The molecule has 2 aliphatic heterocycles. The predicted octanol–water partition coefficient (Wildman–Crippen LogP) is 6.26. The molecule has 4 aromatic rings. The molecule has 8 nitrogen and oxygen atoms in total. The third-order valence-electron chi connectivity index (χ3n) is 12.7. The van der Waals surface area contributed by atoms with Gasteiger partial charge in [-0.3, -0.25) is 29.0 Å². The molecular formula is C45H42N2O6. The Bertz CT molecular complexity index is 2130. The standard InChI is InChI=1S/C45H42N2O6/c48-27-32-16-19-38(53-32)41-33-17-18-34-40(44(52)47(43(34)51)31-20-22-46(23-21-31)26-28-10-4-1-5-11-28)36(33)24-37-42(50)35(29-12-6-2-7-13-29)25-39(49)45(37,41)30-14-8-3-9-15-30/h1-17,19,25,31,34,36-37,40-41,48H,18,20-24,26-27H2. The molecule has 6 atom stereocenters. The van der Waals surface area contributed by atoms with E-state index in [4.69, 9.17) is 4.42 Å². The Morgan fingerprint density at radius 1 is 0.774 bits per heavy atom. The lowest BCUT2D eigenvalue weighted by Crippen LogP contribution is -2.58. The quantitative estimate of drug-likeness (QED) is 0.179. The normalized spacial score (nSPS) is 29.0. The Hall–Kier alpha value is -5.18. The van der Waals surface area contributed by atoms with Crippen molar-refractivity contribution in [2.45, 2.75) is 56.2 Å². The van der Waals surface area contributed by atoms with E-state index < -0.39 is 35.0 Å². The second-order valence-corrected chi connectivity index (χ2v) is 15.3. The summed E-state index contributed by atoms with van der Waals surface area (Å²) in [7, 11) is 0. The van der Waals surface area contributed by atoms with Gasteiger partial charge in [0.25, 0.3) is 0 Å². The number of ketones is 2. The Morgan fingerprint density at radius 2 is 1.45 bits per heavy atom. The summed E-state index contributed by atoms with van der Waals surface area (Å²) >= 11 is 0. The Morgan fingerprint density at radius 3 is 2.13 bits per heavy atom. The zero-order valence-electron chi connectivity index (χ0n) is 29.5. The summed E-state index contributed by atoms with van der Waals surface area (Å²) in [6.45, 7) is 2.09. The van der Waals surface area contributed by atoms with Crippen LogP contribution in [-0.4, -0.2) is 57.4 Å². The number of hydrogen-bond acceptors (Lipinski definition) is 7. The number of amides is 2. The van der Waals surface area contributed by atoms with Crippen molar-refractivity contribution in [3.63, 3.8) is 0 Å². The third kappa shape index (κ3) is 5.33. The molecule has 1 aromatic heterocycles. The third-order valence-corrected chi connectivity index (χ3v) is 12.7. The molecule has 3 aromatic carbocycles. The molecule has 2 amide bonds. The van der Waals surface area contributed by atoms with Crippen LogP contribution in [-0.2, 0) is 37.7 Å². The molecule has 268 valence electrons. The maximum Gasteiger partial charge on any atom is 0.233 e. The van der Waals surface area contributed by atoms with Crippen LogP contribution in [0.15, 0.2) is 125 Å². The van der Waals surface area contributed by atoms with Gasteiger partial charge >= 0.3 is 0 Å². The number of nitrogens with zero attached hydrogens (tertiary/aromatic N) is 2. The lowest BCUT2D eigenvalue weighted by Gasteiger charge is -2.54. The predicted molar refractivity (Wildman–Crippen MR) is 198 cm³/mol. The maximum atomic E-state index is 15.1. The van der Waals surface area contributed by atoms with E-state index in [2.05, 4.69) is 23.1 Å². The number of rotatable bonds is 7. The molecule has 6 unspecified atom stereocenters. The van der Waals surface area contributed by atoms with Gasteiger partial charge in [-0.2, -0.15) is 0 Å². The van der Waals surface area contributed by atoms with Crippen molar-refractivity contribution in [3.05, 3.63) is 149 Å². The van der Waals surface area contributed by atoms with Gasteiger partial charge in [0.15, 0.2) is 11.6 Å². The smallest absolute Gasteiger partial charge is 0.233 e. The van der Waals surface area contributed by atoms with Crippen molar-refractivity contribution in [3.8, 4) is 0 Å². The molecule has 1 saturated carbocycles. The number of furan rings is 1. The second kappa shape index (κ2) is 13.3. The zero-order valence-corrected chi connectivity index (χ0v) is 29.5. The van der Waals surface area contributed by atoms with E-state index in [0.29, 0.717) is 47.5 Å². The highest BCUT2D eigenvalue weighted by Gasteiger charge is 2.66. The Kier molecular flexibility index (Phi) is 8.47. The average molecular weight is 707 g/mol. The number of fused-ring (bicyclic) bond motifs is 4. The minimum Gasteiger partial charge on any atom is -0.463 e. The molecular weight excluding hydrogens is 665 g/mol. The van der Waals surface area contributed by atoms with Crippen LogP contribution < -0.4 is 0 Å². The van der Waals surface area contributed by atoms with E-state index in [1.165, 1.54) is 11.6 Å².